The maximum Gasteiger partial charge on any atom is 0.337 e. The molecule has 3 aromatic rings. The standard InChI is InChI=1S/C20H22N6O3/c1-29-19(27)13-6-7-14-16(11-13)24-17(23-14)12-22-20(28)25-15-5-4-8-21-18(15)26-9-2-3-10-26/h4-8,11H,2-3,9-10,12H2,1H3,(H,23,24)(H2,22,25,28). The monoisotopic (exact) mass is 394 g/mol. The van der Waals surface area contributed by atoms with Crippen molar-refractivity contribution in [3.05, 3.63) is 47.9 Å². The Hall–Kier alpha value is -3.62. The third-order valence-corrected chi connectivity index (χ3v) is 4.81. The number of benzene rings is 1. The highest BCUT2D eigenvalue weighted by Crippen LogP contribution is 2.26. The van der Waals surface area contributed by atoms with Gasteiger partial charge >= 0.3 is 12.0 Å². The zero-order valence-corrected chi connectivity index (χ0v) is 16.1. The van der Waals surface area contributed by atoms with Crippen LogP contribution >= 0.6 is 0 Å². The average Bonchev–Trinajstić information content (AvgIpc) is 3.41. The lowest BCUT2D eigenvalue weighted by Gasteiger charge is -2.20. The summed E-state index contributed by atoms with van der Waals surface area (Å²) < 4.78 is 4.73. The third-order valence-electron chi connectivity index (χ3n) is 4.81. The number of carbonyl (C=O) groups excluding carboxylic acids is 2. The largest absolute Gasteiger partial charge is 0.465 e. The summed E-state index contributed by atoms with van der Waals surface area (Å²) in [4.78, 5) is 38.2. The van der Waals surface area contributed by atoms with Crippen molar-refractivity contribution in [3.8, 4) is 0 Å². The summed E-state index contributed by atoms with van der Waals surface area (Å²) in [5, 5.41) is 5.66. The first-order valence-electron chi connectivity index (χ1n) is 9.46. The van der Waals surface area contributed by atoms with Gasteiger partial charge in [-0.2, -0.15) is 0 Å². The molecule has 0 spiro atoms. The van der Waals surface area contributed by atoms with Crippen molar-refractivity contribution >= 4 is 34.5 Å². The number of nitrogens with zero attached hydrogens (tertiary/aromatic N) is 3. The van der Waals surface area contributed by atoms with Crippen molar-refractivity contribution in [3.63, 3.8) is 0 Å². The van der Waals surface area contributed by atoms with Crippen molar-refractivity contribution in [2.24, 2.45) is 0 Å². The van der Waals surface area contributed by atoms with E-state index < -0.39 is 5.97 Å². The summed E-state index contributed by atoms with van der Waals surface area (Å²) in [6.45, 7) is 2.10. The molecule has 1 aliphatic heterocycles. The van der Waals surface area contributed by atoms with Gasteiger partial charge in [0.05, 0.1) is 35.9 Å². The maximum absolute atomic E-state index is 12.4. The molecule has 1 aromatic carbocycles. The first-order chi connectivity index (χ1) is 14.1. The number of fused-ring (bicyclic) bond motifs is 1. The van der Waals surface area contributed by atoms with Gasteiger partial charge in [0.25, 0.3) is 0 Å². The molecule has 9 heteroatoms. The van der Waals surface area contributed by atoms with Crippen LogP contribution in [0.1, 0.15) is 29.0 Å². The number of H-pyrrole nitrogens is 1. The Morgan fingerprint density at radius 3 is 2.86 bits per heavy atom. The van der Waals surface area contributed by atoms with Crippen molar-refractivity contribution < 1.29 is 14.3 Å². The Morgan fingerprint density at radius 1 is 1.24 bits per heavy atom. The highest BCUT2D eigenvalue weighted by molar-refractivity contribution is 5.94. The zero-order chi connectivity index (χ0) is 20.2. The van der Waals surface area contributed by atoms with Gasteiger partial charge in [-0.05, 0) is 43.2 Å². The lowest BCUT2D eigenvalue weighted by atomic mass is 10.2. The number of imidazole rings is 1. The number of rotatable bonds is 5. The van der Waals surface area contributed by atoms with Crippen LogP contribution in [0.25, 0.3) is 11.0 Å². The zero-order valence-electron chi connectivity index (χ0n) is 16.1. The first-order valence-corrected chi connectivity index (χ1v) is 9.46. The number of nitrogens with one attached hydrogen (secondary N) is 3. The molecule has 2 amide bonds. The highest BCUT2D eigenvalue weighted by Gasteiger charge is 2.18. The summed E-state index contributed by atoms with van der Waals surface area (Å²) in [6, 6.07) is 8.37. The van der Waals surface area contributed by atoms with E-state index in [0.29, 0.717) is 28.1 Å². The minimum Gasteiger partial charge on any atom is -0.465 e. The molecule has 1 aliphatic rings. The second kappa shape index (κ2) is 8.17. The topological polar surface area (TPSA) is 112 Å². The Morgan fingerprint density at radius 2 is 2.07 bits per heavy atom. The molecular weight excluding hydrogens is 372 g/mol. The van der Waals surface area contributed by atoms with Crippen LogP contribution in [0.3, 0.4) is 0 Å². The van der Waals surface area contributed by atoms with Gasteiger partial charge < -0.3 is 25.3 Å². The molecule has 29 heavy (non-hydrogen) atoms. The van der Waals surface area contributed by atoms with Crippen LogP contribution in [0, 0.1) is 0 Å². The van der Waals surface area contributed by atoms with Gasteiger partial charge in [-0.15, -0.1) is 0 Å². The molecule has 0 saturated carbocycles. The highest BCUT2D eigenvalue weighted by atomic mass is 16.5. The van der Waals surface area contributed by atoms with Crippen LogP contribution in [0.15, 0.2) is 36.5 Å². The van der Waals surface area contributed by atoms with Gasteiger partial charge in [0.1, 0.15) is 5.82 Å². The maximum atomic E-state index is 12.4. The number of carbonyl (C=O) groups is 2. The summed E-state index contributed by atoms with van der Waals surface area (Å²) in [7, 11) is 1.34. The smallest absolute Gasteiger partial charge is 0.337 e. The molecule has 3 N–H and O–H groups in total. The van der Waals surface area contributed by atoms with Crippen LogP contribution in [-0.4, -0.2) is 47.2 Å². The minimum atomic E-state index is -0.411. The number of anilines is 2. The van der Waals surface area contributed by atoms with Crippen molar-refractivity contribution in [1.29, 1.82) is 0 Å². The molecule has 0 unspecified atom stereocenters. The van der Waals surface area contributed by atoms with Gasteiger partial charge in [-0.3, -0.25) is 0 Å². The Kier molecular flexibility index (Phi) is 5.28. The second-order valence-electron chi connectivity index (χ2n) is 6.78. The van der Waals surface area contributed by atoms with Gasteiger partial charge in [0, 0.05) is 19.3 Å². The number of aromatic amines is 1. The van der Waals surface area contributed by atoms with Crippen molar-refractivity contribution in [2.75, 3.05) is 30.4 Å². The molecule has 3 heterocycles. The minimum absolute atomic E-state index is 0.216. The van der Waals surface area contributed by atoms with Crippen LogP contribution in [-0.2, 0) is 11.3 Å². The number of hydrogen-bond acceptors (Lipinski definition) is 6. The molecule has 0 radical (unpaired) electrons. The van der Waals surface area contributed by atoms with E-state index in [1.165, 1.54) is 7.11 Å². The number of methoxy groups -OCH3 is 1. The number of pyridine rings is 1. The fourth-order valence-electron chi connectivity index (χ4n) is 3.40. The number of ether oxygens (including phenoxy) is 1. The SMILES string of the molecule is COC(=O)c1ccc2nc(CNC(=O)Nc3cccnc3N3CCCC3)[nH]c2c1. The molecule has 0 bridgehead atoms. The van der Waals surface area contributed by atoms with Crippen LogP contribution in [0.2, 0.25) is 0 Å². The van der Waals surface area contributed by atoms with E-state index in [1.807, 2.05) is 6.07 Å². The number of esters is 1. The van der Waals surface area contributed by atoms with Gasteiger partial charge in [0.15, 0.2) is 5.82 Å². The predicted molar refractivity (Wildman–Crippen MR) is 109 cm³/mol. The number of amides is 2. The third kappa shape index (κ3) is 4.13. The lowest BCUT2D eigenvalue weighted by molar-refractivity contribution is 0.0601. The summed E-state index contributed by atoms with van der Waals surface area (Å²) >= 11 is 0. The van der Waals surface area contributed by atoms with E-state index in [0.717, 1.165) is 31.7 Å². The lowest BCUT2D eigenvalue weighted by Crippen LogP contribution is -2.30. The van der Waals surface area contributed by atoms with Crippen molar-refractivity contribution in [1.82, 2.24) is 20.3 Å². The van der Waals surface area contributed by atoms with E-state index in [2.05, 4.69) is 30.5 Å². The quantitative estimate of drug-likeness (QED) is 0.574. The molecule has 9 nitrogen and oxygen atoms in total. The van der Waals surface area contributed by atoms with E-state index in [9.17, 15) is 9.59 Å². The normalized spacial score (nSPS) is 13.5. The molecule has 4 rings (SSSR count). The molecule has 2 aromatic heterocycles. The molecule has 1 saturated heterocycles. The average molecular weight is 394 g/mol. The number of urea groups is 1. The van der Waals surface area contributed by atoms with Crippen LogP contribution in [0.4, 0.5) is 16.3 Å². The Balaban J connectivity index is 1.40. The van der Waals surface area contributed by atoms with Crippen LogP contribution < -0.4 is 15.5 Å². The predicted octanol–water partition coefficient (Wildman–Crippen LogP) is 2.67. The summed E-state index contributed by atoms with van der Waals surface area (Å²) in [6.07, 6.45) is 3.99. The molecule has 0 atom stereocenters. The molecule has 1 fully saturated rings. The van der Waals surface area contributed by atoms with Gasteiger partial charge in [0.2, 0.25) is 0 Å². The van der Waals surface area contributed by atoms with Crippen LogP contribution in [0.5, 0.6) is 0 Å². The van der Waals surface area contributed by atoms with E-state index in [4.69, 9.17) is 4.74 Å². The summed E-state index contributed by atoms with van der Waals surface area (Å²) in [5.41, 5.74) is 2.53. The summed E-state index contributed by atoms with van der Waals surface area (Å²) in [5.74, 6) is 0.966. The second-order valence-corrected chi connectivity index (χ2v) is 6.78. The van der Waals surface area contributed by atoms with Crippen molar-refractivity contribution in [2.45, 2.75) is 19.4 Å². The molecule has 150 valence electrons. The molecular formula is C20H22N6O3. The van der Waals surface area contributed by atoms with Gasteiger partial charge in [-0.1, -0.05) is 0 Å². The molecule has 0 aliphatic carbocycles. The number of aromatic nitrogens is 3. The van der Waals surface area contributed by atoms with E-state index in [-0.39, 0.29) is 12.6 Å². The Labute approximate surface area is 167 Å². The fourth-order valence-corrected chi connectivity index (χ4v) is 3.40. The Bertz CT molecular complexity index is 1040. The fraction of sp³-hybridized carbons (Fsp3) is 0.300. The first kappa shape index (κ1) is 18.7. The van der Waals surface area contributed by atoms with Gasteiger partial charge in [-0.25, -0.2) is 19.6 Å². The number of hydrogen-bond donors (Lipinski definition) is 3. The van der Waals surface area contributed by atoms with E-state index >= 15 is 0 Å². The van der Waals surface area contributed by atoms with E-state index in [1.54, 1.807) is 30.5 Å².